The minimum absolute atomic E-state index is 0.306. The lowest BCUT2D eigenvalue weighted by Gasteiger charge is -2.21. The summed E-state index contributed by atoms with van der Waals surface area (Å²) in [6, 6.07) is 11.8. The molecule has 0 unspecified atom stereocenters. The second kappa shape index (κ2) is 6.10. The van der Waals surface area contributed by atoms with E-state index < -0.39 is 6.04 Å². The van der Waals surface area contributed by atoms with Gasteiger partial charge in [0.05, 0.1) is 17.4 Å². The second-order valence-corrected chi connectivity index (χ2v) is 5.98. The SMILES string of the molecule is CN(C)[C@H](c1nc(-c2ccc3nc[nH]c3c2)no1)c1ccccc1F. The van der Waals surface area contributed by atoms with Gasteiger partial charge in [0.2, 0.25) is 11.7 Å². The summed E-state index contributed by atoms with van der Waals surface area (Å²) in [5.41, 5.74) is 3.05. The average molecular weight is 337 g/mol. The summed E-state index contributed by atoms with van der Waals surface area (Å²) >= 11 is 0. The lowest BCUT2D eigenvalue weighted by atomic mass is 10.1. The van der Waals surface area contributed by atoms with Gasteiger partial charge in [0.25, 0.3) is 0 Å². The maximum atomic E-state index is 14.2. The fraction of sp³-hybridized carbons (Fsp3) is 0.167. The summed E-state index contributed by atoms with van der Waals surface area (Å²) in [6.07, 6.45) is 1.64. The molecule has 0 saturated carbocycles. The standard InChI is InChI=1S/C18H16FN5O/c1-24(2)16(12-5-3-4-6-13(12)19)18-22-17(23-25-18)11-7-8-14-15(9-11)21-10-20-14/h3-10,16H,1-2H3,(H,20,21)/t16-/m0/s1. The molecule has 126 valence electrons. The molecular formula is C18H16FN5O. The number of nitrogens with zero attached hydrogens (tertiary/aromatic N) is 4. The van der Waals surface area contributed by atoms with Gasteiger partial charge in [-0.15, -0.1) is 0 Å². The van der Waals surface area contributed by atoms with E-state index in [0.29, 0.717) is 17.3 Å². The first-order valence-electron chi connectivity index (χ1n) is 7.81. The molecule has 0 aliphatic heterocycles. The molecule has 0 bridgehead atoms. The van der Waals surface area contributed by atoms with Crippen molar-refractivity contribution in [2.45, 2.75) is 6.04 Å². The van der Waals surface area contributed by atoms with Crippen LogP contribution in [0.4, 0.5) is 4.39 Å². The number of nitrogens with one attached hydrogen (secondary N) is 1. The molecule has 0 fully saturated rings. The Kier molecular flexibility index (Phi) is 3.77. The molecule has 4 rings (SSSR count). The summed E-state index contributed by atoms with van der Waals surface area (Å²) < 4.78 is 19.7. The van der Waals surface area contributed by atoms with Crippen LogP contribution in [0.25, 0.3) is 22.4 Å². The van der Waals surface area contributed by atoms with E-state index in [-0.39, 0.29) is 5.82 Å². The fourth-order valence-electron chi connectivity index (χ4n) is 2.87. The van der Waals surface area contributed by atoms with Gasteiger partial charge in [-0.05, 0) is 38.4 Å². The van der Waals surface area contributed by atoms with Crippen LogP contribution < -0.4 is 0 Å². The molecule has 2 aromatic carbocycles. The van der Waals surface area contributed by atoms with E-state index in [9.17, 15) is 4.39 Å². The molecule has 4 aromatic rings. The maximum Gasteiger partial charge on any atom is 0.249 e. The molecule has 1 atom stereocenters. The van der Waals surface area contributed by atoms with E-state index in [1.165, 1.54) is 6.07 Å². The van der Waals surface area contributed by atoms with Crippen molar-refractivity contribution < 1.29 is 8.91 Å². The van der Waals surface area contributed by atoms with Gasteiger partial charge in [0.15, 0.2) is 0 Å². The number of halogens is 1. The third kappa shape index (κ3) is 2.78. The van der Waals surface area contributed by atoms with Crippen LogP contribution in [0, 0.1) is 5.82 Å². The Morgan fingerprint density at radius 2 is 2.00 bits per heavy atom. The van der Waals surface area contributed by atoms with Crippen molar-refractivity contribution in [1.29, 1.82) is 0 Å². The number of H-pyrrole nitrogens is 1. The lowest BCUT2D eigenvalue weighted by Crippen LogP contribution is -2.22. The number of imidazole rings is 1. The minimum Gasteiger partial charge on any atom is -0.345 e. The van der Waals surface area contributed by atoms with Gasteiger partial charge < -0.3 is 9.51 Å². The van der Waals surface area contributed by atoms with Crippen LogP contribution in [-0.4, -0.2) is 39.1 Å². The van der Waals surface area contributed by atoms with Crippen LogP contribution in [0.3, 0.4) is 0 Å². The summed E-state index contributed by atoms with van der Waals surface area (Å²) in [5.74, 6) is 0.490. The van der Waals surface area contributed by atoms with E-state index in [4.69, 9.17) is 4.52 Å². The first-order chi connectivity index (χ1) is 12.1. The van der Waals surface area contributed by atoms with Gasteiger partial charge in [0, 0.05) is 11.1 Å². The molecule has 1 N–H and O–H groups in total. The van der Waals surface area contributed by atoms with Crippen molar-refractivity contribution >= 4 is 11.0 Å². The zero-order chi connectivity index (χ0) is 17.4. The summed E-state index contributed by atoms with van der Waals surface area (Å²) in [4.78, 5) is 13.6. The van der Waals surface area contributed by atoms with Gasteiger partial charge in [0.1, 0.15) is 11.9 Å². The Morgan fingerprint density at radius 1 is 1.16 bits per heavy atom. The maximum absolute atomic E-state index is 14.2. The molecule has 0 aliphatic rings. The van der Waals surface area contributed by atoms with Crippen LogP contribution in [0.1, 0.15) is 17.5 Å². The molecule has 0 aliphatic carbocycles. The quantitative estimate of drug-likeness (QED) is 0.618. The van der Waals surface area contributed by atoms with Crippen molar-refractivity contribution in [2.24, 2.45) is 0 Å². The highest BCUT2D eigenvalue weighted by atomic mass is 19.1. The van der Waals surface area contributed by atoms with Crippen LogP contribution in [0.15, 0.2) is 53.3 Å². The highest BCUT2D eigenvalue weighted by Gasteiger charge is 2.26. The van der Waals surface area contributed by atoms with Crippen LogP contribution in [-0.2, 0) is 0 Å². The van der Waals surface area contributed by atoms with Crippen LogP contribution >= 0.6 is 0 Å². The highest BCUT2D eigenvalue weighted by molar-refractivity contribution is 5.79. The predicted octanol–water partition coefficient (Wildman–Crippen LogP) is 3.40. The van der Waals surface area contributed by atoms with Crippen molar-refractivity contribution in [3.8, 4) is 11.4 Å². The van der Waals surface area contributed by atoms with Crippen molar-refractivity contribution in [3.05, 3.63) is 66.1 Å². The van der Waals surface area contributed by atoms with Crippen LogP contribution in [0.5, 0.6) is 0 Å². The van der Waals surface area contributed by atoms with Gasteiger partial charge in [-0.1, -0.05) is 23.4 Å². The number of rotatable bonds is 4. The second-order valence-electron chi connectivity index (χ2n) is 5.98. The Hall–Kier alpha value is -3.06. The van der Waals surface area contributed by atoms with E-state index >= 15 is 0 Å². The number of benzene rings is 2. The highest BCUT2D eigenvalue weighted by Crippen LogP contribution is 2.29. The van der Waals surface area contributed by atoms with Crippen molar-refractivity contribution in [1.82, 2.24) is 25.0 Å². The fourth-order valence-corrected chi connectivity index (χ4v) is 2.87. The summed E-state index contributed by atoms with van der Waals surface area (Å²) in [7, 11) is 3.69. The summed E-state index contributed by atoms with van der Waals surface area (Å²) in [5, 5.41) is 4.07. The lowest BCUT2D eigenvalue weighted by molar-refractivity contribution is 0.256. The molecular weight excluding hydrogens is 321 g/mol. The molecule has 7 heteroatoms. The monoisotopic (exact) mass is 337 g/mol. The zero-order valence-electron chi connectivity index (χ0n) is 13.8. The topological polar surface area (TPSA) is 70.8 Å². The molecule has 0 saturated heterocycles. The first kappa shape index (κ1) is 15.5. The molecule has 25 heavy (non-hydrogen) atoms. The Labute approximate surface area is 143 Å². The third-order valence-electron chi connectivity index (χ3n) is 4.07. The molecule has 6 nitrogen and oxygen atoms in total. The van der Waals surface area contributed by atoms with Crippen molar-refractivity contribution in [2.75, 3.05) is 14.1 Å². The van der Waals surface area contributed by atoms with Gasteiger partial charge in [-0.3, -0.25) is 4.90 Å². The largest absolute Gasteiger partial charge is 0.345 e. The number of aromatic amines is 1. The molecule has 0 spiro atoms. The Morgan fingerprint density at radius 3 is 2.80 bits per heavy atom. The molecule has 2 aromatic heterocycles. The van der Waals surface area contributed by atoms with Gasteiger partial charge >= 0.3 is 0 Å². The van der Waals surface area contributed by atoms with E-state index in [0.717, 1.165) is 16.6 Å². The van der Waals surface area contributed by atoms with E-state index in [1.807, 2.05) is 37.2 Å². The van der Waals surface area contributed by atoms with E-state index in [1.54, 1.807) is 24.5 Å². The van der Waals surface area contributed by atoms with Crippen LogP contribution in [0.2, 0.25) is 0 Å². The molecule has 0 radical (unpaired) electrons. The number of hydrogen-bond acceptors (Lipinski definition) is 5. The van der Waals surface area contributed by atoms with Gasteiger partial charge in [-0.2, -0.15) is 4.98 Å². The number of hydrogen-bond donors (Lipinski definition) is 1. The number of fused-ring (bicyclic) bond motifs is 1. The smallest absolute Gasteiger partial charge is 0.249 e. The Bertz CT molecular complexity index is 1020. The normalized spacial score (nSPS) is 12.8. The minimum atomic E-state index is -0.460. The van der Waals surface area contributed by atoms with Gasteiger partial charge in [-0.25, -0.2) is 9.37 Å². The molecule has 2 heterocycles. The number of aromatic nitrogens is 4. The molecule has 0 amide bonds. The average Bonchev–Trinajstić information content (AvgIpc) is 3.25. The van der Waals surface area contributed by atoms with E-state index in [2.05, 4.69) is 20.1 Å². The van der Waals surface area contributed by atoms with Crippen molar-refractivity contribution in [3.63, 3.8) is 0 Å². The summed E-state index contributed by atoms with van der Waals surface area (Å²) in [6.45, 7) is 0. The third-order valence-corrected chi connectivity index (χ3v) is 4.07. The first-order valence-corrected chi connectivity index (χ1v) is 7.81. The Balaban J connectivity index is 1.74. The zero-order valence-corrected chi connectivity index (χ0v) is 13.8. The predicted molar refractivity (Wildman–Crippen MR) is 91.3 cm³/mol.